The highest BCUT2D eigenvalue weighted by atomic mass is 35.5. The van der Waals surface area contributed by atoms with Crippen molar-refractivity contribution in [3.05, 3.63) is 23.2 Å². The first kappa shape index (κ1) is 17.3. The second-order valence-electron chi connectivity index (χ2n) is 4.95. The molecule has 2 N–H and O–H groups in total. The van der Waals surface area contributed by atoms with Crippen LogP contribution in [0.2, 0.25) is 5.02 Å². The normalized spacial score (nSPS) is 11.8. The zero-order valence-electron chi connectivity index (χ0n) is 12.2. The van der Waals surface area contributed by atoms with E-state index < -0.39 is 5.97 Å². The fraction of sp³-hybridized carbons (Fsp3) is 0.467. The van der Waals surface area contributed by atoms with E-state index in [0.29, 0.717) is 23.1 Å². The molecule has 1 aromatic carbocycles. The zero-order valence-corrected chi connectivity index (χ0v) is 12.9. The number of amides is 1. The predicted molar refractivity (Wildman–Crippen MR) is 81.9 cm³/mol. The third-order valence-electron chi connectivity index (χ3n) is 2.73. The van der Waals surface area contributed by atoms with Gasteiger partial charge in [0.05, 0.1) is 11.6 Å². The molecule has 1 rings (SSSR count). The number of carbonyl (C=O) groups excluding carboxylic acids is 1. The summed E-state index contributed by atoms with van der Waals surface area (Å²) in [7, 11) is 0. The highest BCUT2D eigenvalue weighted by Gasteiger charge is 2.13. The van der Waals surface area contributed by atoms with Crippen molar-refractivity contribution in [2.45, 2.75) is 33.1 Å². The minimum absolute atomic E-state index is 0.0298. The number of hydrogen-bond donors (Lipinski definition) is 2. The summed E-state index contributed by atoms with van der Waals surface area (Å²) in [6.07, 6.45) is 1.01. The van der Waals surface area contributed by atoms with Gasteiger partial charge in [0, 0.05) is 18.5 Å². The van der Waals surface area contributed by atoms with Crippen molar-refractivity contribution in [1.29, 1.82) is 0 Å². The fourth-order valence-electron chi connectivity index (χ4n) is 1.81. The summed E-state index contributed by atoms with van der Waals surface area (Å²) in [6, 6.07) is 5.03. The zero-order chi connectivity index (χ0) is 15.8. The van der Waals surface area contributed by atoms with Gasteiger partial charge in [0.1, 0.15) is 5.75 Å². The maximum absolute atomic E-state index is 11.8. The summed E-state index contributed by atoms with van der Waals surface area (Å²) < 4.78 is 5.44. The molecule has 1 unspecified atom stereocenters. The van der Waals surface area contributed by atoms with Gasteiger partial charge in [0.15, 0.2) is 0 Å². The van der Waals surface area contributed by atoms with Gasteiger partial charge in [-0.2, -0.15) is 0 Å². The average Bonchev–Trinajstić information content (AvgIpc) is 2.36. The molecule has 5 nitrogen and oxygen atoms in total. The van der Waals surface area contributed by atoms with Crippen LogP contribution in [0.15, 0.2) is 18.2 Å². The Balaban J connectivity index is 2.56. The van der Waals surface area contributed by atoms with Crippen molar-refractivity contribution in [2.75, 3.05) is 11.9 Å². The van der Waals surface area contributed by atoms with E-state index >= 15 is 0 Å². The summed E-state index contributed by atoms with van der Waals surface area (Å²) >= 11 is 6.07. The van der Waals surface area contributed by atoms with E-state index in [4.69, 9.17) is 21.4 Å². The van der Waals surface area contributed by atoms with Gasteiger partial charge in [-0.25, -0.2) is 0 Å². The number of aliphatic carboxylic acids is 1. The lowest BCUT2D eigenvalue weighted by Crippen LogP contribution is -2.17. The topological polar surface area (TPSA) is 75.6 Å². The maximum atomic E-state index is 11.8. The highest BCUT2D eigenvalue weighted by Crippen LogP contribution is 2.28. The van der Waals surface area contributed by atoms with Crippen molar-refractivity contribution >= 4 is 29.2 Å². The third-order valence-corrected chi connectivity index (χ3v) is 3.03. The van der Waals surface area contributed by atoms with Gasteiger partial charge >= 0.3 is 5.97 Å². The highest BCUT2D eigenvalue weighted by molar-refractivity contribution is 6.32. The Morgan fingerprint density at radius 1 is 1.38 bits per heavy atom. The van der Waals surface area contributed by atoms with Crippen LogP contribution in [0, 0.1) is 5.92 Å². The summed E-state index contributed by atoms with van der Waals surface area (Å²) in [6.45, 7) is 4.31. The number of rotatable bonds is 8. The van der Waals surface area contributed by atoms with Gasteiger partial charge in [-0.05, 0) is 30.5 Å². The lowest BCUT2D eigenvalue weighted by Gasteiger charge is -2.11. The molecular formula is C15H20ClNO4. The van der Waals surface area contributed by atoms with E-state index in [9.17, 15) is 9.59 Å². The number of anilines is 1. The van der Waals surface area contributed by atoms with Crippen LogP contribution in [0.1, 0.15) is 33.1 Å². The molecule has 0 bridgehead atoms. The molecule has 0 aliphatic carbocycles. The van der Waals surface area contributed by atoms with Crippen LogP contribution in [0.25, 0.3) is 0 Å². The molecule has 0 heterocycles. The average molecular weight is 314 g/mol. The van der Waals surface area contributed by atoms with Crippen LogP contribution < -0.4 is 10.1 Å². The van der Waals surface area contributed by atoms with Gasteiger partial charge in [0.2, 0.25) is 5.91 Å². The van der Waals surface area contributed by atoms with Gasteiger partial charge in [-0.15, -0.1) is 0 Å². The van der Waals surface area contributed by atoms with Crippen LogP contribution in [-0.2, 0) is 9.59 Å². The number of ether oxygens (including phenoxy) is 1. The van der Waals surface area contributed by atoms with Crippen molar-refractivity contribution in [3.8, 4) is 5.75 Å². The monoisotopic (exact) mass is 313 g/mol. The Bertz CT molecular complexity index is 504. The number of halogens is 1. The molecule has 0 saturated carbocycles. The van der Waals surface area contributed by atoms with Gasteiger partial charge in [0.25, 0.3) is 0 Å². The number of carboxylic acid groups (broad SMARTS) is 1. The summed E-state index contributed by atoms with van der Waals surface area (Å²) in [5.41, 5.74) is 0.566. The number of carbonyl (C=O) groups is 2. The second-order valence-corrected chi connectivity index (χ2v) is 5.36. The Labute approximate surface area is 129 Å². The van der Waals surface area contributed by atoms with E-state index in [2.05, 4.69) is 5.32 Å². The molecule has 1 atom stereocenters. The quantitative estimate of drug-likeness (QED) is 0.769. The molecule has 0 radical (unpaired) electrons. The predicted octanol–water partition coefficient (Wildman–Crippen LogP) is 3.57. The molecule has 116 valence electrons. The van der Waals surface area contributed by atoms with E-state index in [0.717, 1.165) is 6.42 Å². The van der Waals surface area contributed by atoms with Crippen LogP contribution in [0.5, 0.6) is 5.75 Å². The van der Waals surface area contributed by atoms with Crippen molar-refractivity contribution in [3.63, 3.8) is 0 Å². The van der Waals surface area contributed by atoms with Gasteiger partial charge in [-0.1, -0.05) is 25.4 Å². The molecule has 0 aromatic heterocycles. The lowest BCUT2D eigenvalue weighted by molar-refractivity contribution is -0.138. The number of nitrogens with one attached hydrogen (secondary N) is 1. The van der Waals surface area contributed by atoms with E-state index in [1.165, 1.54) is 0 Å². The van der Waals surface area contributed by atoms with Crippen LogP contribution in [0.3, 0.4) is 0 Å². The maximum Gasteiger partial charge on any atom is 0.303 e. The molecule has 0 aliphatic heterocycles. The number of benzene rings is 1. The summed E-state index contributed by atoms with van der Waals surface area (Å²) in [5, 5.41) is 11.8. The molecule has 0 fully saturated rings. The molecule has 0 spiro atoms. The summed E-state index contributed by atoms with van der Waals surface area (Å²) in [5.74, 6) is -0.779. The SMILES string of the molecule is CCCOc1ccc(NC(=O)CC(C)CC(=O)O)cc1Cl. The Kier molecular flexibility index (Phi) is 7.02. The van der Waals surface area contributed by atoms with Crippen LogP contribution in [-0.4, -0.2) is 23.6 Å². The first-order valence-corrected chi connectivity index (χ1v) is 7.24. The molecule has 6 heteroatoms. The molecule has 1 aromatic rings. The lowest BCUT2D eigenvalue weighted by atomic mass is 10.0. The van der Waals surface area contributed by atoms with Crippen LogP contribution >= 0.6 is 11.6 Å². The molecule has 0 aliphatic rings. The largest absolute Gasteiger partial charge is 0.492 e. The van der Waals surface area contributed by atoms with Crippen LogP contribution in [0.4, 0.5) is 5.69 Å². The Morgan fingerprint density at radius 2 is 2.10 bits per heavy atom. The van der Waals surface area contributed by atoms with Gasteiger partial charge < -0.3 is 15.2 Å². The second kappa shape index (κ2) is 8.52. The molecule has 21 heavy (non-hydrogen) atoms. The molecular weight excluding hydrogens is 294 g/mol. The molecule has 1 amide bonds. The third kappa shape index (κ3) is 6.49. The first-order chi connectivity index (χ1) is 9.92. The minimum atomic E-state index is -0.907. The van der Waals surface area contributed by atoms with Crippen molar-refractivity contribution < 1.29 is 19.4 Å². The number of hydrogen-bond acceptors (Lipinski definition) is 3. The first-order valence-electron chi connectivity index (χ1n) is 6.86. The van der Waals surface area contributed by atoms with E-state index in [1.807, 2.05) is 6.92 Å². The minimum Gasteiger partial charge on any atom is -0.492 e. The van der Waals surface area contributed by atoms with E-state index in [1.54, 1.807) is 25.1 Å². The van der Waals surface area contributed by atoms with Gasteiger partial charge in [-0.3, -0.25) is 9.59 Å². The Morgan fingerprint density at radius 3 is 2.67 bits per heavy atom. The number of carboxylic acids is 1. The van der Waals surface area contributed by atoms with Crippen molar-refractivity contribution in [2.24, 2.45) is 5.92 Å². The summed E-state index contributed by atoms with van der Waals surface area (Å²) in [4.78, 5) is 22.3. The fourth-order valence-corrected chi connectivity index (χ4v) is 2.04. The van der Waals surface area contributed by atoms with E-state index in [-0.39, 0.29) is 24.7 Å². The molecule has 0 saturated heterocycles. The Hall–Kier alpha value is -1.75. The standard InChI is InChI=1S/C15H20ClNO4/c1-3-6-21-13-5-4-11(9-12(13)16)17-14(18)7-10(2)8-15(19)20/h4-5,9-10H,3,6-8H2,1-2H3,(H,17,18)(H,19,20). The smallest absolute Gasteiger partial charge is 0.303 e. The van der Waals surface area contributed by atoms with Crippen molar-refractivity contribution in [1.82, 2.24) is 0 Å².